The van der Waals surface area contributed by atoms with E-state index in [0.29, 0.717) is 0 Å². The van der Waals surface area contributed by atoms with Crippen LogP contribution in [0.3, 0.4) is 0 Å². The van der Waals surface area contributed by atoms with E-state index in [2.05, 4.69) is 10.1 Å². The second kappa shape index (κ2) is 6.73. The number of esters is 1. The molecule has 1 heterocycles. The van der Waals surface area contributed by atoms with Gasteiger partial charge in [0.2, 0.25) is 11.0 Å². The quantitative estimate of drug-likeness (QED) is 0.449. The lowest BCUT2D eigenvalue weighted by Gasteiger charge is -2.41. The molecule has 3 atom stereocenters. The first kappa shape index (κ1) is 17.2. The normalized spacial score (nSPS) is 23.6. The Bertz CT molecular complexity index is 409. The minimum atomic E-state index is -1.74. The number of nitrogens with one attached hydrogen (secondary N) is 1. The molecule has 0 bridgehead atoms. The predicted molar refractivity (Wildman–Crippen MR) is 78.5 cm³/mol. The van der Waals surface area contributed by atoms with Gasteiger partial charge in [-0.2, -0.15) is 0 Å². The average molecular weight is 319 g/mol. The Labute approximate surface area is 124 Å². The van der Waals surface area contributed by atoms with Crippen molar-refractivity contribution < 1.29 is 23.5 Å². The maximum absolute atomic E-state index is 11.6. The van der Waals surface area contributed by atoms with Crippen LogP contribution < -0.4 is 5.32 Å². The van der Waals surface area contributed by atoms with Crippen LogP contribution in [0, 0.1) is 5.92 Å². The summed E-state index contributed by atoms with van der Waals surface area (Å²) in [5.74, 6) is -0.940. The number of carbonyl (C=O) groups is 3. The van der Waals surface area contributed by atoms with E-state index in [1.54, 1.807) is 0 Å². The van der Waals surface area contributed by atoms with E-state index >= 15 is 0 Å². The van der Waals surface area contributed by atoms with Crippen molar-refractivity contribution >= 4 is 37.1 Å². The summed E-state index contributed by atoms with van der Waals surface area (Å²) >= 11 is 0.982. The molecular formula is C12H21NO5SSi. The lowest BCUT2D eigenvalue weighted by molar-refractivity contribution is -0.144. The van der Waals surface area contributed by atoms with Gasteiger partial charge >= 0.3 is 5.97 Å². The highest BCUT2D eigenvalue weighted by Crippen LogP contribution is 2.31. The Kier molecular flexibility index (Phi) is 5.78. The summed E-state index contributed by atoms with van der Waals surface area (Å²) in [7, 11) is -1.74. The molecular weight excluding hydrogens is 298 g/mol. The molecule has 1 fully saturated rings. The van der Waals surface area contributed by atoms with Crippen LogP contribution in [0.5, 0.6) is 0 Å². The average Bonchev–Trinajstić information content (AvgIpc) is 2.22. The molecule has 0 radical (unpaired) electrons. The molecule has 6 nitrogen and oxygen atoms in total. The first-order chi connectivity index (χ1) is 9.10. The molecule has 0 spiro atoms. The molecule has 0 aliphatic carbocycles. The first-order valence-electron chi connectivity index (χ1n) is 6.41. The Hall–Kier alpha value is -0.863. The Balaban J connectivity index is 2.49. The molecule has 0 unspecified atom stereocenters. The molecule has 0 aromatic rings. The van der Waals surface area contributed by atoms with E-state index in [-0.39, 0.29) is 35.0 Å². The van der Waals surface area contributed by atoms with Gasteiger partial charge < -0.3 is 14.5 Å². The molecule has 20 heavy (non-hydrogen) atoms. The maximum Gasteiger partial charge on any atom is 0.303 e. The van der Waals surface area contributed by atoms with Crippen molar-refractivity contribution in [3.05, 3.63) is 0 Å². The van der Waals surface area contributed by atoms with Crippen LogP contribution in [0.1, 0.15) is 13.8 Å². The molecule has 1 N–H and O–H groups in total. The third kappa shape index (κ3) is 5.26. The van der Waals surface area contributed by atoms with Crippen LogP contribution in [0.4, 0.5) is 0 Å². The fourth-order valence-corrected chi connectivity index (χ4v) is 4.24. The first-order valence-corrected chi connectivity index (χ1v) is 10.7. The fourth-order valence-electron chi connectivity index (χ4n) is 1.90. The summed E-state index contributed by atoms with van der Waals surface area (Å²) in [6.07, 6.45) is -0.227. The zero-order chi connectivity index (χ0) is 15.5. The van der Waals surface area contributed by atoms with Crippen molar-refractivity contribution in [3.8, 4) is 0 Å². The van der Waals surface area contributed by atoms with Crippen LogP contribution in [-0.4, -0.2) is 43.4 Å². The van der Waals surface area contributed by atoms with Crippen LogP contribution in [0.2, 0.25) is 19.6 Å². The van der Waals surface area contributed by atoms with Crippen LogP contribution in [-0.2, 0) is 23.5 Å². The van der Waals surface area contributed by atoms with Gasteiger partial charge in [0.1, 0.15) is 0 Å². The summed E-state index contributed by atoms with van der Waals surface area (Å²) in [6.45, 7) is 8.97. The number of carbonyl (C=O) groups excluding carboxylic acids is 3. The number of hydrogen-bond donors (Lipinski definition) is 1. The van der Waals surface area contributed by atoms with Crippen molar-refractivity contribution in [1.29, 1.82) is 0 Å². The highest BCUT2D eigenvalue weighted by molar-refractivity contribution is 8.14. The van der Waals surface area contributed by atoms with E-state index < -0.39 is 14.3 Å². The minimum Gasteiger partial charge on any atom is -0.457 e. The largest absolute Gasteiger partial charge is 0.457 e. The van der Waals surface area contributed by atoms with Gasteiger partial charge in [-0.25, -0.2) is 0 Å². The van der Waals surface area contributed by atoms with Crippen molar-refractivity contribution in [2.45, 2.75) is 45.0 Å². The minimum absolute atomic E-state index is 0.103. The van der Waals surface area contributed by atoms with Crippen molar-refractivity contribution in [1.82, 2.24) is 5.32 Å². The molecule has 1 rings (SSSR count). The van der Waals surface area contributed by atoms with Gasteiger partial charge in [-0.15, -0.1) is 0 Å². The van der Waals surface area contributed by atoms with Crippen LogP contribution >= 0.6 is 11.8 Å². The van der Waals surface area contributed by atoms with Crippen molar-refractivity contribution in [2.75, 3.05) is 6.61 Å². The van der Waals surface area contributed by atoms with Gasteiger partial charge in [0.15, 0.2) is 14.9 Å². The zero-order valence-corrected chi connectivity index (χ0v) is 14.2. The number of amides is 1. The van der Waals surface area contributed by atoms with E-state index in [9.17, 15) is 14.4 Å². The van der Waals surface area contributed by atoms with Gasteiger partial charge in [-0.05, 0) is 26.6 Å². The van der Waals surface area contributed by atoms with Gasteiger partial charge in [0, 0.05) is 6.92 Å². The van der Waals surface area contributed by atoms with Gasteiger partial charge in [0.05, 0.1) is 17.4 Å². The standard InChI is InChI=1S/C12H21NO5SSi/c1-7(18-20(3,4)5)10-11(16)13-12(10)19-9(15)6-17-8(2)14/h7,10,12H,6H2,1-5H3,(H,13,16)/t7-,10+,12-/m1/s1. The summed E-state index contributed by atoms with van der Waals surface area (Å²) in [4.78, 5) is 33.9. The number of β-lactam (4-membered cyclic amide) rings is 1. The van der Waals surface area contributed by atoms with Crippen LogP contribution in [0.25, 0.3) is 0 Å². The topological polar surface area (TPSA) is 81.7 Å². The van der Waals surface area contributed by atoms with E-state index in [1.165, 1.54) is 6.92 Å². The van der Waals surface area contributed by atoms with E-state index in [1.807, 2.05) is 26.6 Å². The lowest BCUT2D eigenvalue weighted by atomic mass is 9.96. The summed E-state index contributed by atoms with van der Waals surface area (Å²) in [5, 5.41) is 2.09. The molecule has 114 valence electrons. The maximum atomic E-state index is 11.6. The molecule has 0 saturated carbocycles. The monoisotopic (exact) mass is 319 g/mol. The number of rotatable bonds is 6. The highest BCUT2D eigenvalue weighted by Gasteiger charge is 2.45. The van der Waals surface area contributed by atoms with Crippen molar-refractivity contribution in [3.63, 3.8) is 0 Å². The smallest absolute Gasteiger partial charge is 0.303 e. The van der Waals surface area contributed by atoms with Crippen molar-refractivity contribution in [2.24, 2.45) is 5.92 Å². The Morgan fingerprint density at radius 1 is 1.40 bits per heavy atom. The lowest BCUT2D eigenvalue weighted by Crippen LogP contribution is -2.62. The third-order valence-corrected chi connectivity index (χ3v) is 4.73. The zero-order valence-electron chi connectivity index (χ0n) is 12.4. The molecule has 1 aliphatic heterocycles. The second-order valence-electron chi connectivity index (χ2n) is 5.66. The molecule has 8 heteroatoms. The van der Waals surface area contributed by atoms with Crippen LogP contribution in [0.15, 0.2) is 0 Å². The highest BCUT2D eigenvalue weighted by atomic mass is 32.2. The molecule has 1 amide bonds. The van der Waals surface area contributed by atoms with Gasteiger partial charge in [0.25, 0.3) is 0 Å². The fraction of sp³-hybridized carbons (Fsp3) is 0.750. The third-order valence-electron chi connectivity index (χ3n) is 2.61. The summed E-state index contributed by atoms with van der Waals surface area (Å²) in [6, 6.07) is 0. The molecule has 1 saturated heterocycles. The number of ether oxygens (including phenoxy) is 1. The molecule has 1 aliphatic rings. The van der Waals surface area contributed by atoms with Gasteiger partial charge in [-0.1, -0.05) is 11.8 Å². The Morgan fingerprint density at radius 2 is 2.00 bits per heavy atom. The Morgan fingerprint density at radius 3 is 2.45 bits per heavy atom. The van der Waals surface area contributed by atoms with E-state index in [0.717, 1.165) is 11.8 Å². The molecule has 0 aromatic carbocycles. The van der Waals surface area contributed by atoms with E-state index in [4.69, 9.17) is 4.43 Å². The summed E-state index contributed by atoms with van der Waals surface area (Å²) in [5.41, 5.74) is 0. The van der Waals surface area contributed by atoms with Gasteiger partial charge in [-0.3, -0.25) is 14.4 Å². The second-order valence-corrected chi connectivity index (χ2v) is 11.3. The summed E-state index contributed by atoms with van der Waals surface area (Å²) < 4.78 is 10.5. The predicted octanol–water partition coefficient (Wildman–Crippen LogP) is 1.12. The molecule has 0 aromatic heterocycles. The SMILES string of the molecule is CC(=O)OCC(=O)S[C@H]1NC(=O)[C@@H]1[C@@H](C)O[Si](C)(C)C. The number of hydrogen-bond acceptors (Lipinski definition) is 6. The number of thioether (sulfide) groups is 1.